The Kier molecular flexibility index (Phi) is 3.29. The fourth-order valence-electron chi connectivity index (χ4n) is 4.20. The van der Waals surface area contributed by atoms with Gasteiger partial charge < -0.3 is 5.11 Å². The van der Waals surface area contributed by atoms with Gasteiger partial charge >= 0.3 is 0 Å². The third kappa shape index (κ3) is 2.31. The van der Waals surface area contributed by atoms with E-state index in [1.165, 1.54) is 5.57 Å². The first kappa shape index (κ1) is 14.8. The number of rotatable bonds is 1. The minimum absolute atomic E-state index is 0.0276. The molecule has 0 radical (unpaired) electrons. The van der Waals surface area contributed by atoms with Crippen molar-refractivity contribution < 1.29 is 5.11 Å². The van der Waals surface area contributed by atoms with Crippen molar-refractivity contribution in [2.24, 2.45) is 22.2 Å². The molecule has 2 aliphatic rings. The molecular formula is C18H30O. The van der Waals surface area contributed by atoms with E-state index in [2.05, 4.69) is 60.6 Å². The summed E-state index contributed by atoms with van der Waals surface area (Å²) in [6, 6.07) is 0. The number of hydrogen-bond donors (Lipinski definition) is 1. The van der Waals surface area contributed by atoms with Crippen molar-refractivity contribution in [2.45, 2.75) is 67.4 Å². The predicted molar refractivity (Wildman–Crippen MR) is 81.9 cm³/mol. The van der Waals surface area contributed by atoms with Crippen molar-refractivity contribution >= 4 is 0 Å². The van der Waals surface area contributed by atoms with E-state index < -0.39 is 0 Å². The lowest BCUT2D eigenvalue weighted by molar-refractivity contribution is -0.0309. The second kappa shape index (κ2) is 4.22. The molecule has 0 amide bonds. The fourth-order valence-corrected chi connectivity index (χ4v) is 4.20. The Morgan fingerprint density at radius 1 is 1.11 bits per heavy atom. The van der Waals surface area contributed by atoms with Crippen molar-refractivity contribution in [3.63, 3.8) is 0 Å². The van der Waals surface area contributed by atoms with E-state index in [0.29, 0.717) is 5.92 Å². The summed E-state index contributed by atoms with van der Waals surface area (Å²) < 4.78 is 0. The minimum atomic E-state index is -0.262. The molecule has 0 aromatic heterocycles. The number of aliphatic hydroxyl groups excluding tert-OH is 1. The summed E-state index contributed by atoms with van der Waals surface area (Å²) in [6.45, 7) is 15.7. The first-order valence-corrected chi connectivity index (χ1v) is 7.55. The van der Waals surface area contributed by atoms with E-state index in [4.69, 9.17) is 0 Å². The number of hydrogen-bond acceptors (Lipinski definition) is 1. The molecule has 2 aliphatic carbocycles. The molecular weight excluding hydrogens is 232 g/mol. The topological polar surface area (TPSA) is 20.2 Å². The van der Waals surface area contributed by atoms with E-state index >= 15 is 0 Å². The lowest BCUT2D eigenvalue weighted by Gasteiger charge is -2.47. The predicted octanol–water partition coefficient (Wildman–Crippen LogP) is 4.72. The molecule has 0 fully saturated rings. The summed E-state index contributed by atoms with van der Waals surface area (Å²) in [7, 11) is 0. The Labute approximate surface area is 118 Å². The van der Waals surface area contributed by atoms with Gasteiger partial charge in [0.1, 0.15) is 0 Å². The monoisotopic (exact) mass is 262 g/mol. The third-order valence-electron chi connectivity index (χ3n) is 5.66. The van der Waals surface area contributed by atoms with E-state index in [0.717, 1.165) is 12.8 Å². The molecule has 1 nitrogen and oxygen atoms in total. The minimum Gasteiger partial charge on any atom is -0.392 e. The standard InChI is InChI=1S/C18H30O/c1-12-8-9-14(18(12,6)7)13-10-16(2,3)15(19)17(4,5)11-13/h8,10,14-15,19H,9,11H2,1-7H3/t14-,15?/m1/s1. The van der Waals surface area contributed by atoms with Crippen molar-refractivity contribution in [2.75, 3.05) is 0 Å². The lowest BCUT2D eigenvalue weighted by atomic mass is 9.60. The summed E-state index contributed by atoms with van der Waals surface area (Å²) in [6.07, 6.45) is 6.68. The number of aliphatic hydroxyl groups is 1. The maximum atomic E-state index is 10.5. The van der Waals surface area contributed by atoms with Crippen LogP contribution in [0, 0.1) is 22.2 Å². The van der Waals surface area contributed by atoms with Gasteiger partial charge in [0.15, 0.2) is 0 Å². The van der Waals surface area contributed by atoms with Crippen molar-refractivity contribution in [3.05, 3.63) is 23.3 Å². The van der Waals surface area contributed by atoms with E-state index in [1.54, 1.807) is 5.57 Å². The van der Waals surface area contributed by atoms with Crippen LogP contribution in [-0.4, -0.2) is 11.2 Å². The fraction of sp³-hybridized carbons (Fsp3) is 0.778. The van der Waals surface area contributed by atoms with Gasteiger partial charge in [0, 0.05) is 5.41 Å². The number of allylic oxidation sites excluding steroid dienone is 3. The zero-order valence-electron chi connectivity index (χ0n) is 13.7. The zero-order chi connectivity index (χ0) is 14.6. The van der Waals surface area contributed by atoms with Crippen molar-refractivity contribution in [3.8, 4) is 0 Å². The highest BCUT2D eigenvalue weighted by atomic mass is 16.3. The molecule has 0 saturated heterocycles. The largest absolute Gasteiger partial charge is 0.392 e. The summed E-state index contributed by atoms with van der Waals surface area (Å²) in [5.74, 6) is 0.610. The Balaban J connectivity index is 2.37. The Morgan fingerprint density at radius 3 is 2.11 bits per heavy atom. The lowest BCUT2D eigenvalue weighted by Crippen LogP contribution is -2.45. The average Bonchev–Trinajstić information content (AvgIpc) is 2.50. The maximum Gasteiger partial charge on any atom is 0.0679 e. The van der Waals surface area contributed by atoms with Crippen LogP contribution in [0.4, 0.5) is 0 Å². The molecule has 1 heteroatoms. The highest BCUT2D eigenvalue weighted by Crippen LogP contribution is 2.53. The van der Waals surface area contributed by atoms with E-state index in [1.807, 2.05) is 0 Å². The molecule has 1 unspecified atom stereocenters. The van der Waals surface area contributed by atoms with Crippen LogP contribution in [-0.2, 0) is 0 Å². The summed E-state index contributed by atoms with van der Waals surface area (Å²) in [5, 5.41) is 10.5. The maximum absolute atomic E-state index is 10.5. The molecule has 0 heterocycles. The molecule has 0 bridgehead atoms. The van der Waals surface area contributed by atoms with Gasteiger partial charge in [-0.15, -0.1) is 0 Å². The molecule has 0 aromatic rings. The first-order valence-electron chi connectivity index (χ1n) is 7.55. The van der Waals surface area contributed by atoms with Crippen LogP contribution in [0.5, 0.6) is 0 Å². The van der Waals surface area contributed by atoms with Crippen molar-refractivity contribution in [1.82, 2.24) is 0 Å². The Morgan fingerprint density at radius 2 is 1.68 bits per heavy atom. The smallest absolute Gasteiger partial charge is 0.0679 e. The Bertz CT molecular complexity index is 435. The Hall–Kier alpha value is -0.560. The quantitative estimate of drug-likeness (QED) is 0.678. The van der Waals surface area contributed by atoms with E-state index in [9.17, 15) is 5.11 Å². The van der Waals surface area contributed by atoms with Gasteiger partial charge in [0.25, 0.3) is 0 Å². The zero-order valence-corrected chi connectivity index (χ0v) is 13.7. The second-order valence-corrected chi connectivity index (χ2v) is 8.51. The molecule has 1 N–H and O–H groups in total. The van der Waals surface area contributed by atoms with Gasteiger partial charge in [-0.2, -0.15) is 0 Å². The van der Waals surface area contributed by atoms with Crippen LogP contribution >= 0.6 is 0 Å². The molecule has 0 aliphatic heterocycles. The molecule has 2 rings (SSSR count). The van der Waals surface area contributed by atoms with Crippen LogP contribution in [0.15, 0.2) is 23.3 Å². The molecule has 19 heavy (non-hydrogen) atoms. The highest BCUT2D eigenvalue weighted by molar-refractivity contribution is 5.31. The van der Waals surface area contributed by atoms with Crippen LogP contribution in [0.1, 0.15) is 61.3 Å². The normalized spacial score (nSPS) is 35.8. The van der Waals surface area contributed by atoms with Gasteiger partial charge in [-0.05, 0) is 36.5 Å². The summed E-state index contributed by atoms with van der Waals surface area (Å²) in [4.78, 5) is 0. The van der Waals surface area contributed by atoms with Crippen LogP contribution in [0.3, 0.4) is 0 Å². The van der Waals surface area contributed by atoms with Gasteiger partial charge in [0.05, 0.1) is 6.10 Å². The van der Waals surface area contributed by atoms with Crippen LogP contribution in [0.2, 0.25) is 0 Å². The van der Waals surface area contributed by atoms with Crippen LogP contribution < -0.4 is 0 Å². The highest BCUT2D eigenvalue weighted by Gasteiger charge is 2.46. The van der Waals surface area contributed by atoms with Gasteiger partial charge in [-0.3, -0.25) is 0 Å². The molecule has 0 aromatic carbocycles. The molecule has 108 valence electrons. The van der Waals surface area contributed by atoms with Crippen LogP contribution in [0.25, 0.3) is 0 Å². The molecule has 2 atom stereocenters. The summed E-state index contributed by atoms with van der Waals surface area (Å²) in [5.41, 5.74) is 3.18. The molecule has 0 saturated carbocycles. The summed E-state index contributed by atoms with van der Waals surface area (Å²) >= 11 is 0. The SMILES string of the molecule is CC1=CC[C@H](C2=CC(C)(C)C(O)C(C)(C)C2)C1(C)C. The first-order chi connectivity index (χ1) is 8.48. The third-order valence-corrected chi connectivity index (χ3v) is 5.66. The van der Waals surface area contributed by atoms with Gasteiger partial charge in [-0.25, -0.2) is 0 Å². The second-order valence-electron chi connectivity index (χ2n) is 8.51. The average molecular weight is 262 g/mol. The van der Waals surface area contributed by atoms with E-state index in [-0.39, 0.29) is 22.3 Å². The van der Waals surface area contributed by atoms with Gasteiger partial charge in [0.2, 0.25) is 0 Å². The molecule has 0 spiro atoms. The van der Waals surface area contributed by atoms with Crippen molar-refractivity contribution in [1.29, 1.82) is 0 Å². The van der Waals surface area contributed by atoms with Gasteiger partial charge in [-0.1, -0.05) is 64.8 Å².